The number of halogens is 2. The minimum Gasteiger partial charge on any atom is -0.507 e. The summed E-state index contributed by atoms with van der Waals surface area (Å²) in [4.78, 5) is 0. The topological polar surface area (TPSA) is 59.7 Å². The van der Waals surface area contributed by atoms with Crippen molar-refractivity contribution in [2.45, 2.75) is 19.8 Å². The monoisotopic (exact) mass is 377 g/mol. The summed E-state index contributed by atoms with van der Waals surface area (Å²) < 4.78 is 0. The molecule has 2 aromatic carbocycles. The highest BCUT2D eigenvalue weighted by Gasteiger charge is 2.27. The molecule has 1 atom stereocenters. The first kappa shape index (κ1) is 19.3. The number of aryl methyl sites for hydroxylation is 1. The van der Waals surface area contributed by atoms with Crippen LogP contribution >= 0.6 is 24.0 Å². The fourth-order valence-corrected chi connectivity index (χ4v) is 2.96. The Morgan fingerprint density at radius 2 is 1.92 bits per heavy atom. The van der Waals surface area contributed by atoms with Crippen LogP contribution in [0.2, 0.25) is 5.02 Å². The van der Waals surface area contributed by atoms with Gasteiger partial charge in [0.05, 0.1) is 12.3 Å². The van der Waals surface area contributed by atoms with Crippen LogP contribution in [0.3, 0.4) is 0 Å². The number of nitrogens with one attached hydrogen (secondary N) is 1. The minimum absolute atomic E-state index is 0. The second-order valence-electron chi connectivity index (χ2n) is 6.06. The predicted octanol–water partition coefficient (Wildman–Crippen LogP) is 4.73. The van der Waals surface area contributed by atoms with E-state index in [4.69, 9.17) is 17.0 Å². The molecule has 0 aromatic heterocycles. The van der Waals surface area contributed by atoms with Gasteiger partial charge in [0.15, 0.2) is 0 Å². The van der Waals surface area contributed by atoms with Gasteiger partial charge in [-0.05, 0) is 36.2 Å². The molecule has 2 N–H and O–H groups in total. The van der Waals surface area contributed by atoms with Crippen LogP contribution in [0.15, 0.2) is 53.6 Å². The highest BCUT2D eigenvalue weighted by atomic mass is 35.5. The van der Waals surface area contributed by atoms with E-state index < -0.39 is 0 Å². The van der Waals surface area contributed by atoms with Gasteiger partial charge in [-0.2, -0.15) is 5.10 Å². The largest absolute Gasteiger partial charge is 0.507 e. The summed E-state index contributed by atoms with van der Waals surface area (Å²) >= 11 is 5.89. The highest BCUT2D eigenvalue weighted by molar-refractivity contribution is 6.30. The van der Waals surface area contributed by atoms with E-state index >= 15 is 0 Å². The molecule has 132 valence electrons. The second kappa shape index (κ2) is 8.37. The lowest BCUT2D eigenvalue weighted by atomic mass is 9.98. The lowest BCUT2D eigenvalue weighted by Crippen LogP contribution is -2.25. The Morgan fingerprint density at radius 1 is 1.24 bits per heavy atom. The lowest BCUT2D eigenvalue weighted by molar-refractivity contribution is 0.443. The van der Waals surface area contributed by atoms with Crippen LogP contribution in [-0.2, 0) is 6.42 Å². The number of rotatable bonds is 4. The van der Waals surface area contributed by atoms with Crippen molar-refractivity contribution in [2.24, 2.45) is 11.0 Å². The number of phenolic OH excluding ortho intramolecular Hbond substituents is 1. The van der Waals surface area contributed by atoms with E-state index in [0.717, 1.165) is 28.3 Å². The molecule has 0 bridgehead atoms. The Hall–Kier alpha value is -2.04. The Kier molecular flexibility index (Phi) is 6.45. The SMILES string of the molecule is CC1CN(C(=N)CCc2ccc(Cl)cc2)N=C1c1ccccc1O.Cl. The predicted molar refractivity (Wildman–Crippen MR) is 105 cm³/mol. The Morgan fingerprint density at radius 3 is 2.60 bits per heavy atom. The number of para-hydroxylation sites is 1. The molecule has 0 fully saturated rings. The molecule has 0 amide bonds. The molecular weight excluding hydrogens is 357 g/mol. The molecule has 4 nitrogen and oxygen atoms in total. The molecule has 1 unspecified atom stereocenters. The molecule has 0 saturated heterocycles. The number of aromatic hydroxyl groups is 1. The van der Waals surface area contributed by atoms with Crippen molar-refractivity contribution in [2.75, 3.05) is 6.54 Å². The van der Waals surface area contributed by atoms with Crippen molar-refractivity contribution in [3.8, 4) is 5.75 Å². The zero-order valence-corrected chi connectivity index (χ0v) is 15.5. The average Bonchev–Trinajstić information content (AvgIpc) is 2.96. The summed E-state index contributed by atoms with van der Waals surface area (Å²) in [7, 11) is 0. The quantitative estimate of drug-likeness (QED) is 0.597. The standard InChI is InChI=1S/C19H20ClN3O.ClH/c1-13-12-23(22-19(13)16-4-2-3-5-17(16)24)18(21)11-8-14-6-9-15(20)10-7-14;/h2-7,9-10,13,21,24H,8,11-12H2,1H3;1H. The van der Waals surface area contributed by atoms with Gasteiger partial charge in [-0.25, -0.2) is 0 Å². The van der Waals surface area contributed by atoms with Gasteiger partial charge in [0.1, 0.15) is 11.6 Å². The fourth-order valence-electron chi connectivity index (χ4n) is 2.84. The summed E-state index contributed by atoms with van der Waals surface area (Å²) in [5.74, 6) is 0.897. The van der Waals surface area contributed by atoms with Crippen molar-refractivity contribution in [1.82, 2.24) is 5.01 Å². The van der Waals surface area contributed by atoms with Gasteiger partial charge in [-0.3, -0.25) is 10.4 Å². The summed E-state index contributed by atoms with van der Waals surface area (Å²) in [6.45, 7) is 2.74. The molecule has 3 rings (SSSR count). The van der Waals surface area contributed by atoms with Gasteiger partial charge in [-0.15, -0.1) is 12.4 Å². The summed E-state index contributed by atoms with van der Waals surface area (Å²) in [6, 6.07) is 14.9. The van der Waals surface area contributed by atoms with E-state index in [9.17, 15) is 5.11 Å². The average molecular weight is 378 g/mol. The third-order valence-electron chi connectivity index (χ3n) is 4.20. The van der Waals surface area contributed by atoms with Crippen LogP contribution in [-0.4, -0.2) is 28.2 Å². The molecular formula is C19H21Cl2N3O. The van der Waals surface area contributed by atoms with Crippen LogP contribution in [0.5, 0.6) is 5.75 Å². The fraction of sp³-hybridized carbons (Fsp3) is 0.263. The first-order valence-corrected chi connectivity index (χ1v) is 8.38. The number of nitrogens with zero attached hydrogens (tertiary/aromatic N) is 2. The molecule has 0 radical (unpaired) electrons. The normalized spacial score (nSPS) is 16.3. The maximum absolute atomic E-state index is 10.0. The molecule has 0 saturated carbocycles. The smallest absolute Gasteiger partial charge is 0.124 e. The summed E-state index contributed by atoms with van der Waals surface area (Å²) in [6.07, 6.45) is 1.40. The number of benzene rings is 2. The zero-order chi connectivity index (χ0) is 17.1. The van der Waals surface area contributed by atoms with Gasteiger partial charge in [0.2, 0.25) is 0 Å². The number of hydrogen-bond acceptors (Lipinski definition) is 3. The van der Waals surface area contributed by atoms with E-state index in [-0.39, 0.29) is 24.1 Å². The number of amidine groups is 1. The van der Waals surface area contributed by atoms with Crippen LogP contribution < -0.4 is 0 Å². The van der Waals surface area contributed by atoms with E-state index in [1.807, 2.05) is 36.4 Å². The maximum Gasteiger partial charge on any atom is 0.124 e. The van der Waals surface area contributed by atoms with Gasteiger partial charge < -0.3 is 5.11 Å². The molecule has 1 aliphatic rings. The molecule has 1 aliphatic heterocycles. The first-order chi connectivity index (χ1) is 11.5. The van der Waals surface area contributed by atoms with E-state index in [2.05, 4.69) is 12.0 Å². The number of phenols is 1. The van der Waals surface area contributed by atoms with Crippen LogP contribution in [0.1, 0.15) is 24.5 Å². The van der Waals surface area contributed by atoms with E-state index in [1.165, 1.54) is 0 Å². The second-order valence-corrected chi connectivity index (χ2v) is 6.50. The Bertz CT molecular complexity index is 774. The van der Waals surface area contributed by atoms with Crippen molar-refractivity contribution in [1.29, 1.82) is 5.41 Å². The Balaban J connectivity index is 0.00000225. The zero-order valence-electron chi connectivity index (χ0n) is 13.9. The summed E-state index contributed by atoms with van der Waals surface area (Å²) in [5.41, 5.74) is 2.74. The molecule has 1 heterocycles. The van der Waals surface area contributed by atoms with Gasteiger partial charge in [0.25, 0.3) is 0 Å². The number of hydrogen-bond donors (Lipinski definition) is 2. The maximum atomic E-state index is 10.0. The Labute approximate surface area is 159 Å². The molecule has 0 aliphatic carbocycles. The van der Waals surface area contributed by atoms with Crippen molar-refractivity contribution in [3.05, 3.63) is 64.7 Å². The van der Waals surface area contributed by atoms with Gasteiger partial charge in [0, 0.05) is 22.9 Å². The number of hydrazone groups is 1. The van der Waals surface area contributed by atoms with E-state index in [1.54, 1.807) is 17.1 Å². The van der Waals surface area contributed by atoms with Crippen molar-refractivity contribution >= 4 is 35.6 Å². The van der Waals surface area contributed by atoms with Gasteiger partial charge in [-0.1, -0.05) is 42.8 Å². The summed E-state index contributed by atoms with van der Waals surface area (Å²) in [5, 5.41) is 25.4. The third kappa shape index (κ3) is 4.53. The van der Waals surface area contributed by atoms with Crippen molar-refractivity contribution < 1.29 is 5.11 Å². The lowest BCUT2D eigenvalue weighted by Gasteiger charge is -2.15. The molecule has 25 heavy (non-hydrogen) atoms. The van der Waals surface area contributed by atoms with Crippen LogP contribution in [0.4, 0.5) is 0 Å². The molecule has 0 spiro atoms. The van der Waals surface area contributed by atoms with Crippen LogP contribution in [0.25, 0.3) is 0 Å². The van der Waals surface area contributed by atoms with Crippen LogP contribution in [0, 0.1) is 11.3 Å². The molecule has 2 aromatic rings. The molecule has 6 heteroatoms. The van der Waals surface area contributed by atoms with E-state index in [0.29, 0.717) is 18.8 Å². The van der Waals surface area contributed by atoms with Crippen molar-refractivity contribution in [3.63, 3.8) is 0 Å². The highest BCUT2D eigenvalue weighted by Crippen LogP contribution is 2.26. The third-order valence-corrected chi connectivity index (χ3v) is 4.45. The van der Waals surface area contributed by atoms with Gasteiger partial charge >= 0.3 is 0 Å². The minimum atomic E-state index is 0. The first-order valence-electron chi connectivity index (χ1n) is 8.01.